The molecule has 0 aromatic carbocycles. The van der Waals surface area contributed by atoms with Gasteiger partial charge in [0.25, 0.3) is 5.91 Å². The summed E-state index contributed by atoms with van der Waals surface area (Å²) in [6.07, 6.45) is -1.17. The molecule has 0 heterocycles. The van der Waals surface area contributed by atoms with Crippen LogP contribution in [0.3, 0.4) is 0 Å². The molecule has 0 bridgehead atoms. The summed E-state index contributed by atoms with van der Waals surface area (Å²) in [6.45, 7) is 6.08. The molecular weight excluding hydrogens is 186 g/mol. The zero-order valence-electron chi connectivity index (χ0n) is 8.94. The molecule has 0 aliphatic rings. The Hall–Kier alpha value is -1.10. The first-order valence-electron chi connectivity index (χ1n) is 4.37. The molecule has 0 aromatic heterocycles. The fourth-order valence-corrected chi connectivity index (χ4v) is 1.01. The molecule has 0 saturated carbocycles. The highest BCUT2D eigenvalue weighted by Crippen LogP contribution is 2.14. The van der Waals surface area contributed by atoms with Crippen molar-refractivity contribution in [2.24, 2.45) is 0 Å². The third-order valence-corrected chi connectivity index (χ3v) is 1.73. The molecule has 0 aromatic rings. The average Bonchev–Trinajstić information content (AvgIpc) is 1.96. The van der Waals surface area contributed by atoms with Crippen LogP contribution in [-0.4, -0.2) is 45.2 Å². The number of amides is 1. The van der Waals surface area contributed by atoms with Gasteiger partial charge in [-0.15, -0.1) is 0 Å². The van der Waals surface area contributed by atoms with Crippen LogP contribution in [-0.2, 0) is 9.59 Å². The van der Waals surface area contributed by atoms with Gasteiger partial charge >= 0.3 is 5.97 Å². The number of hydrogen-bond acceptors (Lipinski definition) is 3. The Labute approximate surface area is 83.3 Å². The Balaban J connectivity index is 4.73. The number of carbonyl (C=O) groups excluding carboxylic acids is 1. The number of carboxylic acid groups (broad SMARTS) is 1. The summed E-state index contributed by atoms with van der Waals surface area (Å²) >= 11 is 0. The fraction of sp³-hybridized carbons (Fsp3) is 0.778. The Morgan fingerprint density at radius 3 is 2.00 bits per heavy atom. The van der Waals surface area contributed by atoms with E-state index in [4.69, 9.17) is 10.2 Å². The first-order valence-corrected chi connectivity index (χ1v) is 4.37. The molecule has 0 radical (unpaired) electrons. The molecule has 1 atom stereocenters. The predicted molar refractivity (Wildman–Crippen MR) is 50.8 cm³/mol. The first-order chi connectivity index (χ1) is 6.16. The lowest BCUT2D eigenvalue weighted by Gasteiger charge is -2.35. The van der Waals surface area contributed by atoms with Crippen LogP contribution in [0.1, 0.15) is 27.7 Å². The number of carbonyl (C=O) groups is 2. The van der Waals surface area contributed by atoms with Crippen LogP contribution in [0.5, 0.6) is 0 Å². The third kappa shape index (κ3) is 3.74. The van der Waals surface area contributed by atoms with Crippen LogP contribution in [0.15, 0.2) is 0 Å². The van der Waals surface area contributed by atoms with Crippen molar-refractivity contribution in [1.29, 1.82) is 0 Å². The van der Waals surface area contributed by atoms with E-state index in [0.717, 1.165) is 4.90 Å². The number of aliphatic carboxylic acids is 1. The van der Waals surface area contributed by atoms with Crippen LogP contribution in [0.2, 0.25) is 0 Å². The van der Waals surface area contributed by atoms with E-state index in [1.165, 1.54) is 6.92 Å². The predicted octanol–water partition coefficient (Wildman–Crippen LogP) is 0.0789. The zero-order chi connectivity index (χ0) is 11.5. The van der Waals surface area contributed by atoms with Crippen molar-refractivity contribution in [2.75, 3.05) is 6.54 Å². The highest BCUT2D eigenvalue weighted by atomic mass is 16.4. The molecule has 1 amide bonds. The van der Waals surface area contributed by atoms with Gasteiger partial charge in [0, 0.05) is 5.54 Å². The normalized spacial score (nSPS) is 13.5. The van der Waals surface area contributed by atoms with Gasteiger partial charge in [-0.1, -0.05) is 0 Å². The Kier molecular flexibility index (Phi) is 4.07. The van der Waals surface area contributed by atoms with E-state index >= 15 is 0 Å². The number of aliphatic hydroxyl groups excluding tert-OH is 1. The summed E-state index contributed by atoms with van der Waals surface area (Å²) in [5.74, 6) is -1.66. The van der Waals surface area contributed by atoms with E-state index in [1.54, 1.807) is 20.8 Å². The van der Waals surface area contributed by atoms with Crippen LogP contribution in [0.4, 0.5) is 0 Å². The molecule has 0 fully saturated rings. The number of aliphatic hydroxyl groups is 1. The summed E-state index contributed by atoms with van der Waals surface area (Å²) in [5, 5.41) is 17.7. The fourth-order valence-electron chi connectivity index (χ4n) is 1.01. The monoisotopic (exact) mass is 203 g/mol. The molecule has 0 rings (SSSR count). The van der Waals surface area contributed by atoms with Gasteiger partial charge in [-0.2, -0.15) is 0 Å². The summed E-state index contributed by atoms with van der Waals surface area (Å²) < 4.78 is 0. The summed E-state index contributed by atoms with van der Waals surface area (Å²) in [7, 11) is 0. The minimum Gasteiger partial charge on any atom is -0.480 e. The molecule has 0 saturated heterocycles. The smallest absolute Gasteiger partial charge is 0.323 e. The van der Waals surface area contributed by atoms with E-state index in [1.807, 2.05) is 0 Å². The van der Waals surface area contributed by atoms with Crippen molar-refractivity contribution in [3.63, 3.8) is 0 Å². The van der Waals surface area contributed by atoms with Crippen LogP contribution >= 0.6 is 0 Å². The quantitative estimate of drug-likeness (QED) is 0.681. The number of carboxylic acids is 1. The second kappa shape index (κ2) is 4.41. The van der Waals surface area contributed by atoms with Gasteiger partial charge in [-0.3, -0.25) is 9.59 Å². The van der Waals surface area contributed by atoms with E-state index < -0.39 is 30.1 Å². The maximum Gasteiger partial charge on any atom is 0.323 e. The van der Waals surface area contributed by atoms with Gasteiger partial charge in [-0.05, 0) is 27.7 Å². The van der Waals surface area contributed by atoms with Crippen molar-refractivity contribution in [2.45, 2.75) is 39.3 Å². The van der Waals surface area contributed by atoms with Crippen molar-refractivity contribution >= 4 is 11.9 Å². The van der Waals surface area contributed by atoms with Crippen LogP contribution < -0.4 is 0 Å². The highest BCUT2D eigenvalue weighted by molar-refractivity contribution is 5.84. The van der Waals surface area contributed by atoms with Crippen molar-refractivity contribution in [3.8, 4) is 0 Å². The van der Waals surface area contributed by atoms with Gasteiger partial charge in [0.1, 0.15) is 12.6 Å². The molecule has 2 N–H and O–H groups in total. The first kappa shape index (κ1) is 12.9. The van der Waals surface area contributed by atoms with Gasteiger partial charge in [0.2, 0.25) is 0 Å². The van der Waals surface area contributed by atoms with Gasteiger partial charge in [0.05, 0.1) is 0 Å². The van der Waals surface area contributed by atoms with Gasteiger partial charge in [0.15, 0.2) is 0 Å². The Morgan fingerprint density at radius 2 is 1.79 bits per heavy atom. The molecule has 0 spiro atoms. The maximum absolute atomic E-state index is 11.4. The molecule has 14 heavy (non-hydrogen) atoms. The molecule has 0 aliphatic carbocycles. The molecule has 5 heteroatoms. The summed E-state index contributed by atoms with van der Waals surface area (Å²) in [6, 6.07) is 0. The number of rotatable bonds is 3. The van der Waals surface area contributed by atoms with E-state index in [9.17, 15) is 9.59 Å². The molecular formula is C9H17NO4. The lowest BCUT2D eigenvalue weighted by molar-refractivity contribution is -0.152. The van der Waals surface area contributed by atoms with Crippen molar-refractivity contribution in [3.05, 3.63) is 0 Å². The van der Waals surface area contributed by atoms with E-state index in [0.29, 0.717) is 0 Å². The second-order valence-electron chi connectivity index (χ2n) is 4.16. The maximum atomic E-state index is 11.4. The minimum atomic E-state index is -1.17. The van der Waals surface area contributed by atoms with E-state index in [-0.39, 0.29) is 0 Å². The molecule has 5 nitrogen and oxygen atoms in total. The third-order valence-electron chi connectivity index (χ3n) is 1.73. The lowest BCUT2D eigenvalue weighted by Crippen LogP contribution is -2.51. The Morgan fingerprint density at radius 1 is 1.36 bits per heavy atom. The average molecular weight is 203 g/mol. The number of nitrogens with zero attached hydrogens (tertiary/aromatic N) is 1. The van der Waals surface area contributed by atoms with Crippen molar-refractivity contribution < 1.29 is 19.8 Å². The van der Waals surface area contributed by atoms with E-state index in [2.05, 4.69) is 0 Å². The second-order valence-corrected chi connectivity index (χ2v) is 4.16. The SMILES string of the molecule is CC(O)C(=O)N(CC(=O)O)C(C)(C)C. The topological polar surface area (TPSA) is 77.8 Å². The molecule has 82 valence electrons. The van der Waals surface area contributed by atoms with Gasteiger partial charge in [-0.25, -0.2) is 0 Å². The van der Waals surface area contributed by atoms with Gasteiger partial charge < -0.3 is 15.1 Å². The molecule has 0 aliphatic heterocycles. The van der Waals surface area contributed by atoms with Crippen LogP contribution in [0, 0.1) is 0 Å². The number of hydrogen-bond donors (Lipinski definition) is 2. The summed E-state index contributed by atoms with van der Waals surface area (Å²) in [4.78, 5) is 23.1. The largest absolute Gasteiger partial charge is 0.480 e. The molecule has 1 unspecified atom stereocenters. The standard InChI is InChI=1S/C9H17NO4/c1-6(11)8(14)10(5-7(12)13)9(2,3)4/h6,11H,5H2,1-4H3,(H,12,13). The lowest BCUT2D eigenvalue weighted by atomic mass is 10.1. The highest BCUT2D eigenvalue weighted by Gasteiger charge is 2.30. The van der Waals surface area contributed by atoms with Crippen LogP contribution in [0.25, 0.3) is 0 Å². The zero-order valence-corrected chi connectivity index (χ0v) is 8.94. The summed E-state index contributed by atoms with van der Waals surface area (Å²) in [5.41, 5.74) is -0.605. The minimum absolute atomic E-state index is 0.396. The van der Waals surface area contributed by atoms with Crippen molar-refractivity contribution in [1.82, 2.24) is 4.90 Å². The Bertz CT molecular complexity index is 229.